The van der Waals surface area contributed by atoms with Gasteiger partial charge in [-0.25, -0.2) is 4.79 Å². The Kier molecular flexibility index (Phi) is 5.06. The molecule has 0 saturated carbocycles. The average Bonchev–Trinajstić information content (AvgIpc) is 3.03. The maximum atomic E-state index is 12.8. The second kappa shape index (κ2) is 7.25. The topological polar surface area (TPSA) is 95.7 Å². The van der Waals surface area contributed by atoms with Crippen LogP contribution in [0.1, 0.15) is 53.0 Å². The first-order valence-corrected chi connectivity index (χ1v) is 8.82. The second-order valence-corrected chi connectivity index (χ2v) is 6.81. The molecule has 136 valence electrons. The van der Waals surface area contributed by atoms with E-state index < -0.39 is 5.97 Å². The third-order valence-corrected chi connectivity index (χ3v) is 5.10. The highest BCUT2D eigenvalue weighted by Gasteiger charge is 2.34. The molecule has 2 aliphatic heterocycles. The van der Waals surface area contributed by atoms with E-state index in [-0.39, 0.29) is 29.0 Å². The van der Waals surface area contributed by atoms with E-state index >= 15 is 0 Å². The van der Waals surface area contributed by atoms with Crippen LogP contribution >= 0.6 is 0 Å². The number of carbonyl (C=O) groups excluding carboxylic acids is 2. The van der Waals surface area contributed by atoms with E-state index in [1.54, 1.807) is 11.9 Å². The quantitative estimate of drug-likeness (QED) is 0.878. The van der Waals surface area contributed by atoms with Crippen molar-refractivity contribution >= 4 is 17.8 Å². The fourth-order valence-corrected chi connectivity index (χ4v) is 3.73. The van der Waals surface area contributed by atoms with Crippen molar-refractivity contribution in [3.8, 4) is 0 Å². The van der Waals surface area contributed by atoms with Gasteiger partial charge in [-0.2, -0.15) is 5.10 Å². The Hall–Kier alpha value is -2.38. The molecule has 1 aromatic heterocycles. The molecule has 0 spiro atoms. The summed E-state index contributed by atoms with van der Waals surface area (Å²) in [4.78, 5) is 40.4. The first-order valence-electron chi connectivity index (χ1n) is 8.82. The number of aromatic nitrogens is 2. The molecule has 3 heterocycles. The lowest BCUT2D eigenvalue weighted by atomic mass is 9.95. The molecule has 0 bridgehead atoms. The lowest BCUT2D eigenvalue weighted by Gasteiger charge is -2.36. The van der Waals surface area contributed by atoms with Gasteiger partial charge in [0.2, 0.25) is 5.91 Å². The van der Waals surface area contributed by atoms with Crippen LogP contribution in [0.25, 0.3) is 0 Å². The summed E-state index contributed by atoms with van der Waals surface area (Å²) in [6.07, 6.45) is 5.95. The standard InChI is InChI=1S/C17H24N4O4/c1-19-14(13(10-18-19)17(24)25)16(23)21-9-5-6-12(11-21)15(22)20-7-3-2-4-8-20/h10,12H,2-9,11H2,1H3,(H,24,25). The van der Waals surface area contributed by atoms with E-state index in [9.17, 15) is 19.5 Å². The van der Waals surface area contributed by atoms with Crippen molar-refractivity contribution in [1.29, 1.82) is 0 Å². The molecule has 25 heavy (non-hydrogen) atoms. The summed E-state index contributed by atoms with van der Waals surface area (Å²) in [5.41, 5.74) is -0.0319. The molecule has 1 unspecified atom stereocenters. The Labute approximate surface area is 146 Å². The van der Waals surface area contributed by atoms with Crippen LogP contribution in [0.2, 0.25) is 0 Å². The molecule has 0 aromatic carbocycles. The largest absolute Gasteiger partial charge is 0.478 e. The highest BCUT2D eigenvalue weighted by molar-refractivity contribution is 6.03. The number of carboxylic acids is 1. The van der Waals surface area contributed by atoms with E-state index in [0.29, 0.717) is 13.1 Å². The fourth-order valence-electron chi connectivity index (χ4n) is 3.73. The molecule has 0 radical (unpaired) electrons. The second-order valence-electron chi connectivity index (χ2n) is 6.81. The van der Waals surface area contributed by atoms with Crippen molar-refractivity contribution in [3.05, 3.63) is 17.5 Å². The molecule has 2 fully saturated rings. The minimum atomic E-state index is -1.17. The molecule has 8 heteroatoms. The molecule has 3 rings (SSSR count). The number of likely N-dealkylation sites (tertiary alicyclic amines) is 2. The van der Waals surface area contributed by atoms with Gasteiger partial charge in [0.1, 0.15) is 11.3 Å². The molecule has 2 aliphatic rings. The zero-order chi connectivity index (χ0) is 18.0. The van der Waals surface area contributed by atoms with Gasteiger partial charge < -0.3 is 14.9 Å². The van der Waals surface area contributed by atoms with Crippen molar-refractivity contribution in [1.82, 2.24) is 19.6 Å². The summed E-state index contributed by atoms with van der Waals surface area (Å²) >= 11 is 0. The summed E-state index contributed by atoms with van der Waals surface area (Å²) in [7, 11) is 1.56. The van der Waals surface area contributed by atoms with Crippen LogP contribution in [-0.2, 0) is 11.8 Å². The van der Waals surface area contributed by atoms with Crippen LogP contribution in [0.15, 0.2) is 6.20 Å². The Morgan fingerprint density at radius 1 is 1.08 bits per heavy atom. The van der Waals surface area contributed by atoms with Crippen molar-refractivity contribution in [2.75, 3.05) is 26.2 Å². The van der Waals surface area contributed by atoms with E-state index in [4.69, 9.17) is 0 Å². The number of carbonyl (C=O) groups is 3. The Bertz CT molecular complexity index is 678. The van der Waals surface area contributed by atoms with Gasteiger partial charge in [0, 0.05) is 33.2 Å². The number of hydrogen-bond donors (Lipinski definition) is 1. The highest BCUT2D eigenvalue weighted by Crippen LogP contribution is 2.23. The molecular weight excluding hydrogens is 324 g/mol. The lowest BCUT2D eigenvalue weighted by molar-refractivity contribution is -0.137. The molecule has 1 aromatic rings. The van der Waals surface area contributed by atoms with Gasteiger partial charge in [0.05, 0.1) is 12.1 Å². The number of aromatic carboxylic acids is 1. The van der Waals surface area contributed by atoms with Gasteiger partial charge in [-0.05, 0) is 32.1 Å². The van der Waals surface area contributed by atoms with Crippen molar-refractivity contribution in [2.45, 2.75) is 32.1 Å². The molecule has 1 atom stereocenters. The van der Waals surface area contributed by atoms with Gasteiger partial charge in [0.15, 0.2) is 0 Å². The maximum absolute atomic E-state index is 12.8. The van der Waals surface area contributed by atoms with Gasteiger partial charge in [-0.15, -0.1) is 0 Å². The number of nitrogens with zero attached hydrogens (tertiary/aromatic N) is 4. The summed E-state index contributed by atoms with van der Waals surface area (Å²) in [6.45, 7) is 2.48. The van der Waals surface area contributed by atoms with E-state index in [0.717, 1.165) is 45.2 Å². The van der Waals surface area contributed by atoms with E-state index in [2.05, 4.69) is 5.10 Å². The molecule has 0 aliphatic carbocycles. The summed E-state index contributed by atoms with van der Waals surface area (Å²) in [6, 6.07) is 0. The minimum absolute atomic E-state index is 0.0681. The van der Waals surface area contributed by atoms with Crippen molar-refractivity contribution < 1.29 is 19.5 Å². The van der Waals surface area contributed by atoms with Crippen LogP contribution in [0.4, 0.5) is 0 Å². The number of hydrogen-bond acceptors (Lipinski definition) is 4. The van der Waals surface area contributed by atoms with Crippen molar-refractivity contribution in [3.63, 3.8) is 0 Å². The zero-order valence-corrected chi connectivity index (χ0v) is 14.5. The number of amides is 2. The molecule has 2 amide bonds. The van der Waals surface area contributed by atoms with Gasteiger partial charge >= 0.3 is 5.97 Å². The average molecular weight is 348 g/mol. The SMILES string of the molecule is Cn1ncc(C(=O)O)c1C(=O)N1CCCC(C(=O)N2CCCCC2)C1. The maximum Gasteiger partial charge on any atom is 0.339 e. The molecule has 1 N–H and O–H groups in total. The number of piperidine rings is 2. The molecule has 8 nitrogen and oxygen atoms in total. The van der Waals surface area contributed by atoms with Gasteiger partial charge in [-0.3, -0.25) is 14.3 Å². The monoisotopic (exact) mass is 348 g/mol. The van der Waals surface area contributed by atoms with Crippen LogP contribution in [-0.4, -0.2) is 68.6 Å². The smallest absolute Gasteiger partial charge is 0.339 e. The van der Waals surface area contributed by atoms with E-state index in [1.807, 2.05) is 4.90 Å². The first kappa shape index (κ1) is 17.4. The Morgan fingerprint density at radius 3 is 2.44 bits per heavy atom. The summed E-state index contributed by atoms with van der Waals surface area (Å²) < 4.78 is 1.29. The van der Waals surface area contributed by atoms with Crippen LogP contribution < -0.4 is 0 Å². The molecular formula is C17H24N4O4. The lowest BCUT2D eigenvalue weighted by Crippen LogP contribution is -2.48. The van der Waals surface area contributed by atoms with Crippen LogP contribution in [0.5, 0.6) is 0 Å². The Morgan fingerprint density at radius 2 is 1.76 bits per heavy atom. The van der Waals surface area contributed by atoms with Crippen LogP contribution in [0.3, 0.4) is 0 Å². The van der Waals surface area contributed by atoms with Crippen molar-refractivity contribution in [2.24, 2.45) is 13.0 Å². The predicted molar refractivity (Wildman–Crippen MR) is 89.2 cm³/mol. The fraction of sp³-hybridized carbons (Fsp3) is 0.647. The predicted octanol–water partition coefficient (Wildman–Crippen LogP) is 0.983. The number of rotatable bonds is 3. The number of carboxylic acid groups (broad SMARTS) is 1. The summed E-state index contributed by atoms with van der Waals surface area (Å²) in [5, 5.41) is 13.1. The minimum Gasteiger partial charge on any atom is -0.478 e. The van der Waals surface area contributed by atoms with Crippen LogP contribution in [0, 0.1) is 5.92 Å². The number of aryl methyl sites for hydroxylation is 1. The zero-order valence-electron chi connectivity index (χ0n) is 14.5. The van der Waals surface area contributed by atoms with Gasteiger partial charge in [-0.1, -0.05) is 0 Å². The third-order valence-electron chi connectivity index (χ3n) is 5.10. The normalized spacial score (nSPS) is 21.2. The Balaban J connectivity index is 1.73. The summed E-state index contributed by atoms with van der Waals surface area (Å²) in [5.74, 6) is -1.61. The highest BCUT2D eigenvalue weighted by atomic mass is 16.4. The van der Waals surface area contributed by atoms with E-state index in [1.165, 1.54) is 10.9 Å². The third kappa shape index (κ3) is 3.52. The first-order chi connectivity index (χ1) is 12.0. The van der Waals surface area contributed by atoms with Gasteiger partial charge in [0.25, 0.3) is 5.91 Å². The molecule has 2 saturated heterocycles.